The summed E-state index contributed by atoms with van der Waals surface area (Å²) in [6.07, 6.45) is 6.46. The van der Waals surface area contributed by atoms with E-state index in [1.165, 1.54) is 6.42 Å². The highest BCUT2D eigenvalue weighted by Gasteiger charge is 2.17. The van der Waals surface area contributed by atoms with Crippen molar-refractivity contribution in [1.29, 1.82) is 0 Å². The van der Waals surface area contributed by atoms with E-state index in [1.54, 1.807) is 0 Å². The molecule has 0 aromatic carbocycles. The van der Waals surface area contributed by atoms with Gasteiger partial charge >= 0.3 is 0 Å². The van der Waals surface area contributed by atoms with E-state index in [1.807, 2.05) is 6.92 Å². The van der Waals surface area contributed by atoms with Gasteiger partial charge in [0.05, 0.1) is 0 Å². The maximum Gasteiger partial charge on any atom is 0.168 e. The SMILES string of the molecule is CCCNc1nc(NC2CCCCC2)c(F)cc1F. The van der Waals surface area contributed by atoms with Crippen LogP contribution in [0.4, 0.5) is 20.4 Å². The highest BCUT2D eigenvalue weighted by molar-refractivity contribution is 5.48. The van der Waals surface area contributed by atoms with Crippen molar-refractivity contribution >= 4 is 11.6 Å². The summed E-state index contributed by atoms with van der Waals surface area (Å²) >= 11 is 0. The molecule has 1 aromatic rings. The van der Waals surface area contributed by atoms with E-state index in [9.17, 15) is 8.78 Å². The molecule has 1 fully saturated rings. The van der Waals surface area contributed by atoms with Crippen LogP contribution < -0.4 is 10.6 Å². The highest BCUT2D eigenvalue weighted by atomic mass is 19.1. The summed E-state index contributed by atoms with van der Waals surface area (Å²) in [6, 6.07) is 1.15. The molecule has 0 spiro atoms. The molecule has 1 aromatic heterocycles. The number of halogens is 2. The maximum atomic E-state index is 13.7. The third-order valence-corrected chi connectivity index (χ3v) is 3.42. The second-order valence-corrected chi connectivity index (χ2v) is 5.06. The number of rotatable bonds is 5. The van der Waals surface area contributed by atoms with Gasteiger partial charge in [-0.2, -0.15) is 0 Å². The number of nitrogens with zero attached hydrogens (tertiary/aromatic N) is 1. The van der Waals surface area contributed by atoms with Gasteiger partial charge in [0.2, 0.25) is 0 Å². The summed E-state index contributed by atoms with van der Waals surface area (Å²) in [5.41, 5.74) is 0. The Morgan fingerprint density at radius 2 is 1.84 bits per heavy atom. The largest absolute Gasteiger partial charge is 0.368 e. The van der Waals surface area contributed by atoms with Gasteiger partial charge in [-0.1, -0.05) is 26.2 Å². The Bertz CT molecular complexity index is 417. The molecular formula is C14H21F2N3. The van der Waals surface area contributed by atoms with Crippen LogP contribution >= 0.6 is 0 Å². The van der Waals surface area contributed by atoms with Gasteiger partial charge in [-0.25, -0.2) is 13.8 Å². The monoisotopic (exact) mass is 269 g/mol. The van der Waals surface area contributed by atoms with Crippen LogP contribution in [0.2, 0.25) is 0 Å². The first-order valence-electron chi connectivity index (χ1n) is 7.07. The second kappa shape index (κ2) is 6.68. The zero-order valence-corrected chi connectivity index (χ0v) is 11.3. The first-order valence-corrected chi connectivity index (χ1v) is 7.07. The van der Waals surface area contributed by atoms with Crippen LogP contribution in [0.3, 0.4) is 0 Å². The molecule has 0 atom stereocenters. The van der Waals surface area contributed by atoms with Crippen LogP contribution in [0.25, 0.3) is 0 Å². The molecule has 2 N–H and O–H groups in total. The topological polar surface area (TPSA) is 37.0 Å². The van der Waals surface area contributed by atoms with Crippen molar-refractivity contribution in [3.8, 4) is 0 Å². The molecule has 0 unspecified atom stereocenters. The number of aromatic nitrogens is 1. The van der Waals surface area contributed by atoms with Crippen molar-refractivity contribution in [2.75, 3.05) is 17.2 Å². The fourth-order valence-electron chi connectivity index (χ4n) is 2.38. The van der Waals surface area contributed by atoms with E-state index in [4.69, 9.17) is 0 Å². The zero-order valence-electron chi connectivity index (χ0n) is 11.3. The molecule has 3 nitrogen and oxygen atoms in total. The summed E-state index contributed by atoms with van der Waals surface area (Å²) in [5, 5.41) is 5.98. The lowest BCUT2D eigenvalue weighted by Crippen LogP contribution is -2.24. The van der Waals surface area contributed by atoms with Crippen molar-refractivity contribution in [3.63, 3.8) is 0 Å². The van der Waals surface area contributed by atoms with E-state index in [-0.39, 0.29) is 17.7 Å². The molecule has 106 valence electrons. The van der Waals surface area contributed by atoms with Crippen LogP contribution in [0.15, 0.2) is 6.07 Å². The lowest BCUT2D eigenvalue weighted by Gasteiger charge is -2.23. The Hall–Kier alpha value is -1.39. The van der Waals surface area contributed by atoms with Crippen LogP contribution in [-0.2, 0) is 0 Å². The van der Waals surface area contributed by atoms with E-state index in [0.717, 1.165) is 38.2 Å². The third kappa shape index (κ3) is 3.78. The molecular weight excluding hydrogens is 248 g/mol. The Morgan fingerprint density at radius 3 is 2.53 bits per heavy atom. The maximum absolute atomic E-state index is 13.7. The molecule has 19 heavy (non-hydrogen) atoms. The molecule has 0 radical (unpaired) electrons. The van der Waals surface area contributed by atoms with Crippen molar-refractivity contribution in [3.05, 3.63) is 17.7 Å². The minimum Gasteiger partial charge on any atom is -0.368 e. The van der Waals surface area contributed by atoms with E-state index >= 15 is 0 Å². The normalized spacial score (nSPS) is 16.4. The van der Waals surface area contributed by atoms with Crippen LogP contribution in [0.5, 0.6) is 0 Å². The summed E-state index contributed by atoms with van der Waals surface area (Å²) in [6.45, 7) is 2.61. The summed E-state index contributed by atoms with van der Waals surface area (Å²) in [5.74, 6) is -0.973. The molecule has 0 amide bonds. The van der Waals surface area contributed by atoms with E-state index in [2.05, 4.69) is 15.6 Å². The molecule has 2 rings (SSSR count). The Morgan fingerprint density at radius 1 is 1.16 bits per heavy atom. The van der Waals surface area contributed by atoms with Crippen LogP contribution in [0, 0.1) is 11.6 Å². The van der Waals surface area contributed by atoms with Gasteiger partial charge in [-0.05, 0) is 19.3 Å². The molecule has 5 heteroatoms. The van der Waals surface area contributed by atoms with Gasteiger partial charge in [0.1, 0.15) is 0 Å². The van der Waals surface area contributed by atoms with Crippen LogP contribution in [0.1, 0.15) is 45.4 Å². The average molecular weight is 269 g/mol. The standard InChI is InChI=1S/C14H21F2N3/c1-2-8-17-13-11(15)9-12(16)14(19-13)18-10-6-4-3-5-7-10/h9-10H,2-8H2,1H3,(H2,17,18,19). The van der Waals surface area contributed by atoms with Gasteiger partial charge in [-0.3, -0.25) is 0 Å². The van der Waals surface area contributed by atoms with Crippen molar-refractivity contribution in [2.24, 2.45) is 0 Å². The predicted octanol–water partition coefficient (Wildman–Crippen LogP) is 3.93. The fraction of sp³-hybridized carbons (Fsp3) is 0.643. The lowest BCUT2D eigenvalue weighted by molar-refractivity contribution is 0.459. The fourth-order valence-corrected chi connectivity index (χ4v) is 2.38. The summed E-state index contributed by atoms with van der Waals surface area (Å²) < 4.78 is 27.3. The first-order chi connectivity index (χ1) is 9.20. The molecule has 0 aliphatic heterocycles. The number of anilines is 2. The van der Waals surface area contributed by atoms with Gasteiger partial charge in [0.25, 0.3) is 0 Å². The smallest absolute Gasteiger partial charge is 0.168 e. The Balaban J connectivity index is 2.09. The Labute approximate surface area is 112 Å². The minimum absolute atomic E-state index is 0.126. The third-order valence-electron chi connectivity index (χ3n) is 3.42. The van der Waals surface area contributed by atoms with Gasteiger partial charge in [0.15, 0.2) is 23.3 Å². The number of pyridine rings is 1. The molecule has 1 aliphatic carbocycles. The van der Waals surface area contributed by atoms with Crippen LogP contribution in [-0.4, -0.2) is 17.6 Å². The molecule has 0 saturated heterocycles. The van der Waals surface area contributed by atoms with Gasteiger partial charge in [0, 0.05) is 18.7 Å². The predicted molar refractivity (Wildman–Crippen MR) is 73.4 cm³/mol. The van der Waals surface area contributed by atoms with E-state index < -0.39 is 11.6 Å². The minimum atomic E-state index is -0.639. The number of nitrogens with one attached hydrogen (secondary N) is 2. The van der Waals surface area contributed by atoms with Crippen molar-refractivity contribution < 1.29 is 8.78 Å². The number of hydrogen-bond acceptors (Lipinski definition) is 3. The molecule has 0 bridgehead atoms. The molecule has 1 aliphatic rings. The Kier molecular flexibility index (Phi) is 4.93. The highest BCUT2D eigenvalue weighted by Crippen LogP contribution is 2.24. The summed E-state index contributed by atoms with van der Waals surface area (Å²) in [7, 11) is 0. The quantitative estimate of drug-likeness (QED) is 0.850. The first kappa shape index (κ1) is 14.0. The summed E-state index contributed by atoms with van der Waals surface area (Å²) in [4.78, 5) is 4.03. The van der Waals surface area contributed by atoms with Crippen molar-refractivity contribution in [1.82, 2.24) is 4.98 Å². The zero-order chi connectivity index (χ0) is 13.7. The van der Waals surface area contributed by atoms with Crippen molar-refractivity contribution in [2.45, 2.75) is 51.5 Å². The number of hydrogen-bond donors (Lipinski definition) is 2. The van der Waals surface area contributed by atoms with Gasteiger partial charge < -0.3 is 10.6 Å². The van der Waals surface area contributed by atoms with E-state index in [0.29, 0.717) is 6.54 Å². The van der Waals surface area contributed by atoms with Gasteiger partial charge in [-0.15, -0.1) is 0 Å². The lowest BCUT2D eigenvalue weighted by atomic mass is 9.95. The average Bonchev–Trinajstić information content (AvgIpc) is 2.42. The molecule has 1 heterocycles. The molecule has 1 saturated carbocycles. The second-order valence-electron chi connectivity index (χ2n) is 5.06.